The maximum absolute atomic E-state index is 12.5. The number of rotatable bonds is 10. The Morgan fingerprint density at radius 2 is 2.05 bits per heavy atom. The van der Waals surface area contributed by atoms with Gasteiger partial charge in [-0.1, -0.05) is 48.9 Å². The van der Waals surface area contributed by atoms with Crippen LogP contribution in [-0.2, 0) is 23.8 Å². The summed E-state index contributed by atoms with van der Waals surface area (Å²) < 4.78 is 22.1. The van der Waals surface area contributed by atoms with Crippen LogP contribution in [0.4, 0.5) is 0 Å². The Bertz CT molecular complexity index is 1090. The summed E-state index contributed by atoms with van der Waals surface area (Å²) in [6.45, 7) is 8.14. The van der Waals surface area contributed by atoms with Crippen LogP contribution in [0.1, 0.15) is 77.8 Å². The first-order chi connectivity index (χ1) is 19.1. The van der Waals surface area contributed by atoms with Crippen LogP contribution in [0.25, 0.3) is 0 Å². The lowest BCUT2D eigenvalue weighted by atomic mass is 9.84. The van der Waals surface area contributed by atoms with E-state index >= 15 is 0 Å². The fourth-order valence-corrected chi connectivity index (χ4v) is 5.82. The van der Waals surface area contributed by atoms with Crippen LogP contribution in [0, 0.1) is 11.3 Å². The summed E-state index contributed by atoms with van der Waals surface area (Å²) in [5, 5.41) is 17.9. The van der Waals surface area contributed by atoms with Gasteiger partial charge < -0.3 is 29.2 Å². The highest BCUT2D eigenvalue weighted by molar-refractivity contribution is 5.87. The fourth-order valence-electron chi connectivity index (χ4n) is 5.82. The molecule has 2 N–H and O–H groups in total. The second kappa shape index (κ2) is 13.3. The molecule has 8 atom stereocenters. The molecule has 9 heteroatoms. The molecule has 1 amide bonds. The highest BCUT2D eigenvalue weighted by atomic mass is 16.5. The minimum absolute atomic E-state index is 0.0130. The molecule has 4 rings (SSSR count). The van der Waals surface area contributed by atoms with Crippen molar-refractivity contribution in [3.63, 3.8) is 0 Å². The van der Waals surface area contributed by atoms with Gasteiger partial charge in [0.1, 0.15) is 12.4 Å². The predicted octanol–water partition coefficient (Wildman–Crippen LogP) is 4.39. The summed E-state index contributed by atoms with van der Waals surface area (Å²) in [6.07, 6.45) is 14.0. The van der Waals surface area contributed by atoms with E-state index in [0.717, 1.165) is 37.0 Å². The number of carbonyl (C=O) groups is 2. The number of carbonyl (C=O) groups excluding carboxylic acids is 2. The van der Waals surface area contributed by atoms with E-state index < -0.39 is 12.2 Å². The van der Waals surface area contributed by atoms with Gasteiger partial charge in [0.15, 0.2) is 0 Å². The van der Waals surface area contributed by atoms with Gasteiger partial charge in [-0.05, 0) is 57.9 Å². The molecule has 220 valence electrons. The first-order valence-electron chi connectivity index (χ1n) is 14.4. The monoisotopic (exact) mass is 556 g/mol. The summed E-state index contributed by atoms with van der Waals surface area (Å²) in [5.74, 6) is -0.176. The van der Waals surface area contributed by atoms with Crippen LogP contribution in [0.2, 0.25) is 0 Å². The van der Waals surface area contributed by atoms with Gasteiger partial charge in [0.25, 0.3) is 0 Å². The molecular weight excluding hydrogens is 512 g/mol. The minimum atomic E-state index is -0.569. The second-order valence-electron chi connectivity index (χ2n) is 11.8. The second-order valence-corrected chi connectivity index (χ2v) is 11.8. The zero-order valence-electron chi connectivity index (χ0n) is 24.2. The van der Waals surface area contributed by atoms with Crippen molar-refractivity contribution in [1.29, 1.82) is 0 Å². The van der Waals surface area contributed by atoms with Gasteiger partial charge in [0, 0.05) is 17.4 Å². The molecule has 3 aliphatic rings. The van der Waals surface area contributed by atoms with Crippen molar-refractivity contribution in [2.24, 2.45) is 11.3 Å². The van der Waals surface area contributed by atoms with Crippen molar-refractivity contribution in [2.45, 2.75) is 109 Å². The number of allylic oxidation sites excluding steroid dienone is 3. The van der Waals surface area contributed by atoms with Crippen molar-refractivity contribution in [2.75, 3.05) is 7.11 Å². The van der Waals surface area contributed by atoms with Crippen LogP contribution >= 0.6 is 0 Å². The zero-order chi connectivity index (χ0) is 28.9. The molecule has 0 bridgehead atoms. The number of amides is 1. The normalized spacial score (nSPS) is 32.9. The highest BCUT2D eigenvalue weighted by Gasteiger charge is 2.56. The van der Waals surface area contributed by atoms with Gasteiger partial charge in [-0.25, -0.2) is 0 Å². The van der Waals surface area contributed by atoms with Crippen LogP contribution < -0.4 is 5.32 Å². The Morgan fingerprint density at radius 1 is 1.27 bits per heavy atom. The van der Waals surface area contributed by atoms with Gasteiger partial charge in [-0.15, -0.1) is 0 Å². The van der Waals surface area contributed by atoms with E-state index in [1.165, 1.54) is 13.4 Å². The van der Waals surface area contributed by atoms with Crippen molar-refractivity contribution >= 4 is 11.9 Å². The van der Waals surface area contributed by atoms with E-state index in [2.05, 4.69) is 23.5 Å². The molecule has 0 aromatic carbocycles. The highest BCUT2D eigenvalue weighted by Crippen LogP contribution is 2.56. The summed E-state index contributed by atoms with van der Waals surface area (Å²) in [5.41, 5.74) is 1.70. The standard InChI is InChI=1S/C31H44N2O7/c1-19(7-10-27-30(36)31(13-14-31)18-23(40-27)17-29(35)37-5)6-9-26-21(3)16-25(22(4)39-26)32-28(34)11-8-20(2)24-12-15-38-33-24/h6-8,10-12,15,20-23,25-27,30,36H,9,13-14,16-18H2,1-5H3,(H,32,34)/b10-7+,11-8-,19-6+/t20?,21-,22+,23+,25+,26-,27+,30+/m0/s1. The van der Waals surface area contributed by atoms with Crippen LogP contribution in [0.3, 0.4) is 0 Å². The lowest BCUT2D eigenvalue weighted by Gasteiger charge is -2.39. The van der Waals surface area contributed by atoms with Gasteiger partial charge in [0.2, 0.25) is 5.91 Å². The number of hydrogen-bond donors (Lipinski definition) is 2. The van der Waals surface area contributed by atoms with E-state index in [0.29, 0.717) is 6.42 Å². The van der Waals surface area contributed by atoms with E-state index in [9.17, 15) is 14.7 Å². The molecule has 1 aliphatic carbocycles. The molecule has 1 spiro atoms. The van der Waals surface area contributed by atoms with Crippen molar-refractivity contribution in [3.05, 3.63) is 54.0 Å². The summed E-state index contributed by atoms with van der Waals surface area (Å²) in [7, 11) is 1.38. The molecule has 40 heavy (non-hydrogen) atoms. The molecule has 9 nitrogen and oxygen atoms in total. The first-order valence-corrected chi connectivity index (χ1v) is 14.4. The largest absolute Gasteiger partial charge is 0.469 e. The van der Waals surface area contributed by atoms with Gasteiger partial charge in [0.05, 0.1) is 49.7 Å². The average Bonchev–Trinajstić information content (AvgIpc) is 3.47. The smallest absolute Gasteiger partial charge is 0.308 e. The van der Waals surface area contributed by atoms with Crippen molar-refractivity contribution < 1.29 is 33.4 Å². The maximum Gasteiger partial charge on any atom is 0.308 e. The molecule has 2 aliphatic heterocycles. The predicted molar refractivity (Wildman–Crippen MR) is 149 cm³/mol. The lowest BCUT2D eigenvalue weighted by Crippen LogP contribution is -2.50. The van der Waals surface area contributed by atoms with Crippen molar-refractivity contribution in [3.8, 4) is 0 Å². The summed E-state index contributed by atoms with van der Waals surface area (Å²) in [6, 6.07) is 1.73. The Kier molecular flexibility index (Phi) is 10.0. The quantitative estimate of drug-likeness (QED) is 0.247. The lowest BCUT2D eigenvalue weighted by molar-refractivity contribution is -0.158. The number of esters is 1. The molecule has 1 unspecified atom stereocenters. The Morgan fingerprint density at radius 3 is 2.73 bits per heavy atom. The number of aromatic nitrogens is 1. The maximum atomic E-state index is 12.5. The Balaban J connectivity index is 1.26. The Labute approximate surface area is 237 Å². The summed E-state index contributed by atoms with van der Waals surface area (Å²) in [4.78, 5) is 24.3. The molecule has 1 aromatic rings. The topological polar surface area (TPSA) is 120 Å². The SMILES string of the molecule is COC(=O)C[C@@H]1CC2(CC2)[C@H](O)[C@@H](/C=C/C(C)=C/C[C@@H]2O[C@H](C)[C@H](NC(=O)/C=C\C(C)c3ccon3)C[C@@H]2C)O1. The molecule has 1 saturated carbocycles. The number of nitrogens with zero attached hydrogens (tertiary/aromatic N) is 1. The first kappa shape index (κ1) is 30.2. The number of aliphatic hydroxyl groups excluding tert-OH is 1. The fraction of sp³-hybridized carbons (Fsp3) is 0.645. The van der Waals surface area contributed by atoms with E-state index in [1.807, 2.05) is 39.0 Å². The van der Waals surface area contributed by atoms with Crippen LogP contribution in [0.5, 0.6) is 0 Å². The molecule has 1 aromatic heterocycles. The zero-order valence-corrected chi connectivity index (χ0v) is 24.2. The van der Waals surface area contributed by atoms with E-state index in [-0.39, 0.29) is 59.9 Å². The van der Waals surface area contributed by atoms with Crippen LogP contribution in [-0.4, -0.2) is 65.8 Å². The minimum Gasteiger partial charge on any atom is -0.469 e. The molecule has 2 saturated heterocycles. The summed E-state index contributed by atoms with van der Waals surface area (Å²) >= 11 is 0. The van der Waals surface area contributed by atoms with Crippen LogP contribution in [0.15, 0.2) is 52.8 Å². The van der Waals surface area contributed by atoms with Gasteiger partial charge >= 0.3 is 5.97 Å². The van der Waals surface area contributed by atoms with E-state index in [4.69, 9.17) is 18.7 Å². The molecular formula is C31H44N2O7. The number of nitrogens with one attached hydrogen (secondary N) is 1. The Hall–Kier alpha value is -2.75. The third-order valence-electron chi connectivity index (χ3n) is 8.66. The van der Waals surface area contributed by atoms with Crippen molar-refractivity contribution in [1.82, 2.24) is 10.5 Å². The van der Waals surface area contributed by atoms with Gasteiger partial charge in [-0.3, -0.25) is 9.59 Å². The molecule has 3 fully saturated rings. The number of hydrogen-bond acceptors (Lipinski definition) is 8. The number of aliphatic hydroxyl groups is 1. The third kappa shape index (κ3) is 7.71. The number of ether oxygens (including phenoxy) is 3. The number of methoxy groups -OCH3 is 1. The molecule has 0 radical (unpaired) electrons. The van der Waals surface area contributed by atoms with Gasteiger partial charge in [-0.2, -0.15) is 0 Å². The average molecular weight is 557 g/mol. The van der Waals surface area contributed by atoms with E-state index in [1.54, 1.807) is 12.1 Å². The third-order valence-corrected chi connectivity index (χ3v) is 8.66. The molecule has 3 heterocycles.